The Morgan fingerprint density at radius 3 is 2.89 bits per heavy atom. The maximum Gasteiger partial charge on any atom is 0.247 e. The van der Waals surface area contributed by atoms with Crippen LogP contribution in [0, 0.1) is 5.41 Å². The molecule has 0 atom stereocenters. The lowest BCUT2D eigenvalue weighted by atomic mass is 9.91. The van der Waals surface area contributed by atoms with Crippen molar-refractivity contribution in [2.75, 3.05) is 5.32 Å². The number of H-pyrrole nitrogens is 1. The van der Waals surface area contributed by atoms with Gasteiger partial charge in [-0.05, 0) is 22.3 Å². The van der Waals surface area contributed by atoms with Gasteiger partial charge in [-0.2, -0.15) is 5.10 Å². The number of carbonyl (C=O) groups excluding carboxylic acids is 1. The van der Waals surface area contributed by atoms with E-state index in [1.54, 1.807) is 0 Å². The van der Waals surface area contributed by atoms with Gasteiger partial charge in [0.2, 0.25) is 5.91 Å². The first-order valence-corrected chi connectivity index (χ1v) is 5.97. The summed E-state index contributed by atoms with van der Waals surface area (Å²) in [5, 5.41) is 20.2. The Bertz CT molecular complexity index is 538. The number of hydrogen-bond acceptors (Lipinski definition) is 5. The van der Waals surface area contributed by atoms with Gasteiger partial charge in [0.1, 0.15) is 12.9 Å². The quantitative estimate of drug-likeness (QED) is 0.842. The van der Waals surface area contributed by atoms with Crippen LogP contribution in [0.25, 0.3) is 0 Å². The van der Waals surface area contributed by atoms with Crippen molar-refractivity contribution in [2.24, 2.45) is 5.41 Å². The highest BCUT2D eigenvalue weighted by atomic mass is 16.2. The summed E-state index contributed by atoms with van der Waals surface area (Å²) in [5.74, 6) is 0.290. The smallest absolute Gasteiger partial charge is 0.247 e. The van der Waals surface area contributed by atoms with Crippen LogP contribution in [-0.4, -0.2) is 36.3 Å². The fourth-order valence-electron chi connectivity index (χ4n) is 1.67. The van der Waals surface area contributed by atoms with E-state index in [1.807, 2.05) is 6.07 Å². The summed E-state index contributed by atoms with van der Waals surface area (Å²) in [4.78, 5) is 11.7. The number of rotatable bonds is 4. The molecule has 0 fully saturated rings. The summed E-state index contributed by atoms with van der Waals surface area (Å²) in [6.07, 6.45) is 2.25. The highest BCUT2D eigenvalue weighted by Crippen LogP contribution is 2.20. The number of aromatic amines is 1. The lowest BCUT2D eigenvalue weighted by molar-refractivity contribution is -0.116. The van der Waals surface area contributed by atoms with Gasteiger partial charge in [-0.25, -0.2) is 4.68 Å². The Balaban J connectivity index is 1.91. The molecule has 8 heteroatoms. The molecule has 0 aromatic carbocycles. The molecule has 2 heterocycles. The van der Waals surface area contributed by atoms with Gasteiger partial charge >= 0.3 is 0 Å². The molecule has 19 heavy (non-hydrogen) atoms. The summed E-state index contributed by atoms with van der Waals surface area (Å²) >= 11 is 0. The number of aromatic nitrogens is 6. The Morgan fingerprint density at radius 1 is 1.47 bits per heavy atom. The van der Waals surface area contributed by atoms with Crippen LogP contribution in [0.2, 0.25) is 0 Å². The van der Waals surface area contributed by atoms with Gasteiger partial charge in [-0.1, -0.05) is 20.8 Å². The fraction of sp³-hybridized carbons (Fsp3) is 0.545. The molecule has 0 radical (unpaired) electrons. The van der Waals surface area contributed by atoms with Crippen LogP contribution in [0.1, 0.15) is 26.5 Å². The molecule has 0 unspecified atom stereocenters. The third kappa shape index (κ3) is 4.16. The molecule has 0 bridgehead atoms. The van der Waals surface area contributed by atoms with Crippen molar-refractivity contribution in [3.8, 4) is 0 Å². The number of tetrazole rings is 1. The minimum absolute atomic E-state index is 0.0640. The van der Waals surface area contributed by atoms with E-state index in [0.29, 0.717) is 5.82 Å². The first kappa shape index (κ1) is 13.2. The molecular formula is C11H17N7O. The van der Waals surface area contributed by atoms with Gasteiger partial charge in [0, 0.05) is 11.8 Å². The molecule has 0 aliphatic carbocycles. The number of nitrogens with one attached hydrogen (secondary N) is 2. The molecule has 2 aromatic heterocycles. The van der Waals surface area contributed by atoms with Crippen LogP contribution in [-0.2, 0) is 17.8 Å². The average Bonchev–Trinajstić information content (AvgIpc) is 2.88. The third-order valence-electron chi connectivity index (χ3n) is 2.32. The molecule has 2 rings (SSSR count). The van der Waals surface area contributed by atoms with Crippen LogP contribution >= 0.6 is 0 Å². The summed E-state index contributed by atoms with van der Waals surface area (Å²) < 4.78 is 1.35. The van der Waals surface area contributed by atoms with Crippen molar-refractivity contribution in [3.63, 3.8) is 0 Å². The topological polar surface area (TPSA) is 101 Å². The standard InChI is InChI=1S/C11H17N7O/c1-11(2,3)5-8-4-9(15-14-8)13-10(19)6-18-7-12-16-17-18/h4,7H,5-6H2,1-3H3,(H2,13,14,15,19). The van der Waals surface area contributed by atoms with Gasteiger partial charge in [-0.3, -0.25) is 9.89 Å². The maximum atomic E-state index is 11.7. The fourth-order valence-corrected chi connectivity index (χ4v) is 1.67. The van der Waals surface area contributed by atoms with Gasteiger partial charge in [-0.15, -0.1) is 5.10 Å². The van der Waals surface area contributed by atoms with E-state index in [9.17, 15) is 4.79 Å². The second-order valence-electron chi connectivity index (χ2n) is 5.57. The van der Waals surface area contributed by atoms with Gasteiger partial charge in [0.25, 0.3) is 0 Å². The number of hydrogen-bond donors (Lipinski definition) is 2. The van der Waals surface area contributed by atoms with Crippen LogP contribution in [0.5, 0.6) is 0 Å². The van der Waals surface area contributed by atoms with E-state index >= 15 is 0 Å². The van der Waals surface area contributed by atoms with Gasteiger partial charge in [0.15, 0.2) is 5.82 Å². The predicted molar refractivity (Wildman–Crippen MR) is 68.2 cm³/mol. The van der Waals surface area contributed by atoms with Gasteiger partial charge < -0.3 is 5.32 Å². The van der Waals surface area contributed by atoms with Crippen molar-refractivity contribution < 1.29 is 4.79 Å². The molecule has 2 aromatic rings. The number of carbonyl (C=O) groups is 1. The number of amides is 1. The van der Waals surface area contributed by atoms with Crippen LogP contribution < -0.4 is 5.32 Å². The average molecular weight is 263 g/mol. The molecule has 0 aliphatic rings. The monoisotopic (exact) mass is 263 g/mol. The zero-order valence-corrected chi connectivity index (χ0v) is 11.2. The van der Waals surface area contributed by atoms with E-state index in [2.05, 4.69) is 51.8 Å². The van der Waals surface area contributed by atoms with Crippen LogP contribution in [0.3, 0.4) is 0 Å². The van der Waals surface area contributed by atoms with E-state index in [0.717, 1.165) is 12.1 Å². The first-order valence-electron chi connectivity index (χ1n) is 5.97. The largest absolute Gasteiger partial charge is 0.308 e. The Hall–Kier alpha value is -2.25. The Morgan fingerprint density at radius 2 is 2.26 bits per heavy atom. The second-order valence-corrected chi connectivity index (χ2v) is 5.57. The SMILES string of the molecule is CC(C)(C)Cc1cc(NC(=O)Cn2cnnn2)n[nH]1. The second kappa shape index (κ2) is 5.17. The Kier molecular flexibility index (Phi) is 3.59. The molecule has 0 spiro atoms. The zero-order valence-electron chi connectivity index (χ0n) is 11.2. The minimum atomic E-state index is -0.221. The highest BCUT2D eigenvalue weighted by molar-refractivity contribution is 5.89. The maximum absolute atomic E-state index is 11.7. The van der Waals surface area contributed by atoms with Crippen LogP contribution in [0.4, 0.5) is 5.82 Å². The molecule has 2 N–H and O–H groups in total. The molecule has 0 saturated carbocycles. The lowest BCUT2D eigenvalue weighted by Gasteiger charge is -2.15. The number of anilines is 1. The van der Waals surface area contributed by atoms with E-state index < -0.39 is 0 Å². The van der Waals surface area contributed by atoms with Crippen molar-refractivity contribution in [1.29, 1.82) is 0 Å². The highest BCUT2D eigenvalue weighted by Gasteiger charge is 2.14. The van der Waals surface area contributed by atoms with E-state index in [-0.39, 0.29) is 17.9 Å². The van der Waals surface area contributed by atoms with Crippen molar-refractivity contribution in [3.05, 3.63) is 18.1 Å². The predicted octanol–water partition coefficient (Wildman–Crippen LogP) is 0.623. The van der Waals surface area contributed by atoms with Gasteiger partial charge in [0.05, 0.1) is 0 Å². The minimum Gasteiger partial charge on any atom is -0.308 e. The molecule has 8 nitrogen and oxygen atoms in total. The van der Waals surface area contributed by atoms with Crippen molar-refractivity contribution in [1.82, 2.24) is 30.4 Å². The Labute approximate surface area is 110 Å². The van der Waals surface area contributed by atoms with Crippen molar-refractivity contribution in [2.45, 2.75) is 33.7 Å². The molecule has 0 aliphatic heterocycles. The summed E-state index contributed by atoms with van der Waals surface area (Å²) in [7, 11) is 0. The summed E-state index contributed by atoms with van der Waals surface area (Å²) in [6.45, 7) is 6.49. The molecule has 0 saturated heterocycles. The van der Waals surface area contributed by atoms with Crippen LogP contribution in [0.15, 0.2) is 12.4 Å². The third-order valence-corrected chi connectivity index (χ3v) is 2.32. The van der Waals surface area contributed by atoms with E-state index in [4.69, 9.17) is 0 Å². The van der Waals surface area contributed by atoms with Crippen molar-refractivity contribution >= 4 is 11.7 Å². The first-order chi connectivity index (χ1) is 8.92. The molecular weight excluding hydrogens is 246 g/mol. The number of nitrogens with zero attached hydrogens (tertiary/aromatic N) is 5. The lowest BCUT2D eigenvalue weighted by Crippen LogP contribution is -2.19. The molecule has 1 amide bonds. The molecule has 102 valence electrons. The summed E-state index contributed by atoms with van der Waals surface area (Å²) in [6, 6.07) is 1.84. The zero-order chi connectivity index (χ0) is 13.9. The van der Waals surface area contributed by atoms with E-state index in [1.165, 1.54) is 11.0 Å². The summed E-state index contributed by atoms with van der Waals surface area (Å²) in [5.41, 5.74) is 1.16. The normalized spacial score (nSPS) is 11.5.